The van der Waals surface area contributed by atoms with E-state index in [1.807, 2.05) is 30.3 Å². The van der Waals surface area contributed by atoms with Crippen LogP contribution in [0.25, 0.3) is 0 Å². The lowest BCUT2D eigenvalue weighted by Crippen LogP contribution is -1.71. The Hall–Kier alpha value is 0.240. The molecule has 0 N–H and O–H groups in total. The van der Waals surface area contributed by atoms with E-state index in [1.54, 1.807) is 0 Å². The summed E-state index contributed by atoms with van der Waals surface area (Å²) in [7, 11) is 0. The molecular weight excluding hydrogens is 270 g/mol. The summed E-state index contributed by atoms with van der Waals surface area (Å²) in [6, 6.07) is 9.96. The predicted octanol–water partition coefficient (Wildman–Crippen LogP) is 3.87. The number of benzene rings is 1. The molecular formula is C9H12ClI. The van der Waals surface area contributed by atoms with E-state index in [0.29, 0.717) is 5.88 Å². The molecule has 0 nitrogen and oxygen atoms in total. The Labute approximate surface area is 87.1 Å². The van der Waals surface area contributed by atoms with E-state index >= 15 is 0 Å². The van der Waals surface area contributed by atoms with E-state index < -0.39 is 0 Å². The van der Waals surface area contributed by atoms with Crippen molar-refractivity contribution in [2.75, 3.05) is 4.43 Å². The van der Waals surface area contributed by atoms with Crippen molar-refractivity contribution in [1.29, 1.82) is 0 Å². The molecule has 0 amide bonds. The van der Waals surface area contributed by atoms with Crippen molar-refractivity contribution >= 4 is 34.2 Å². The molecule has 1 rings (SSSR count). The molecule has 0 unspecified atom stereocenters. The van der Waals surface area contributed by atoms with Gasteiger partial charge in [0.1, 0.15) is 0 Å². The predicted molar refractivity (Wildman–Crippen MR) is 60.6 cm³/mol. The lowest BCUT2D eigenvalue weighted by Gasteiger charge is -1.88. The first kappa shape index (κ1) is 11.2. The van der Waals surface area contributed by atoms with E-state index in [2.05, 4.69) is 29.5 Å². The lowest BCUT2D eigenvalue weighted by molar-refractivity contribution is 1.41. The second-order valence-corrected chi connectivity index (χ2v) is 3.68. The summed E-state index contributed by atoms with van der Waals surface area (Å²) in [6.45, 7) is 2.11. The first-order valence-corrected chi connectivity index (χ1v) is 5.57. The van der Waals surface area contributed by atoms with Gasteiger partial charge in [-0.1, -0.05) is 59.8 Å². The Balaban J connectivity index is 0.000000292. The molecule has 1 aromatic rings. The second-order valence-electron chi connectivity index (χ2n) is 1.89. The number of alkyl halides is 2. The van der Waals surface area contributed by atoms with Gasteiger partial charge in [0.25, 0.3) is 0 Å². The molecule has 0 bridgehead atoms. The molecule has 0 aliphatic carbocycles. The van der Waals surface area contributed by atoms with Crippen LogP contribution in [-0.4, -0.2) is 4.43 Å². The summed E-state index contributed by atoms with van der Waals surface area (Å²) in [5.41, 5.74) is 1.18. The average Bonchev–Trinajstić information content (AvgIpc) is 2.08. The summed E-state index contributed by atoms with van der Waals surface area (Å²) >= 11 is 7.82. The van der Waals surface area contributed by atoms with Crippen LogP contribution in [0.3, 0.4) is 0 Å². The SMILES string of the molecule is CCI.ClCc1ccccc1. The van der Waals surface area contributed by atoms with Crippen LogP contribution in [0.15, 0.2) is 30.3 Å². The molecule has 0 atom stereocenters. The molecule has 0 spiro atoms. The molecule has 0 aliphatic heterocycles. The van der Waals surface area contributed by atoms with Crippen LogP contribution in [0, 0.1) is 0 Å². The number of hydrogen-bond acceptors (Lipinski definition) is 0. The van der Waals surface area contributed by atoms with E-state index in [4.69, 9.17) is 11.6 Å². The normalized spacial score (nSPS) is 8.27. The molecule has 0 aliphatic rings. The van der Waals surface area contributed by atoms with Crippen molar-refractivity contribution in [3.63, 3.8) is 0 Å². The molecule has 1 aromatic carbocycles. The largest absolute Gasteiger partial charge is 0.122 e. The number of halogens is 2. The van der Waals surface area contributed by atoms with Crippen LogP contribution in [0.1, 0.15) is 12.5 Å². The van der Waals surface area contributed by atoms with Crippen molar-refractivity contribution in [1.82, 2.24) is 0 Å². The minimum absolute atomic E-state index is 0.612. The quantitative estimate of drug-likeness (QED) is 0.542. The maximum Gasteiger partial charge on any atom is 0.0474 e. The monoisotopic (exact) mass is 282 g/mol. The van der Waals surface area contributed by atoms with E-state index in [1.165, 1.54) is 9.99 Å². The van der Waals surface area contributed by atoms with Crippen LogP contribution < -0.4 is 0 Å². The van der Waals surface area contributed by atoms with Crippen molar-refractivity contribution in [3.8, 4) is 0 Å². The summed E-state index contributed by atoms with van der Waals surface area (Å²) in [4.78, 5) is 0. The molecule has 0 fully saturated rings. The molecule has 0 heterocycles. The van der Waals surface area contributed by atoms with Crippen molar-refractivity contribution < 1.29 is 0 Å². The minimum atomic E-state index is 0.612. The zero-order valence-corrected chi connectivity index (χ0v) is 9.47. The first-order valence-electron chi connectivity index (χ1n) is 3.51. The lowest BCUT2D eigenvalue weighted by atomic mass is 10.2. The molecule has 0 saturated carbocycles. The number of rotatable bonds is 1. The number of hydrogen-bond donors (Lipinski definition) is 0. The topological polar surface area (TPSA) is 0 Å². The molecule has 0 radical (unpaired) electrons. The minimum Gasteiger partial charge on any atom is -0.122 e. The van der Waals surface area contributed by atoms with Gasteiger partial charge in [-0.25, -0.2) is 0 Å². The van der Waals surface area contributed by atoms with Crippen molar-refractivity contribution in [2.24, 2.45) is 0 Å². The van der Waals surface area contributed by atoms with Gasteiger partial charge in [-0.3, -0.25) is 0 Å². The Bertz CT molecular complexity index is 162. The van der Waals surface area contributed by atoms with Gasteiger partial charge in [-0.15, -0.1) is 11.6 Å². The van der Waals surface area contributed by atoms with Gasteiger partial charge in [-0.2, -0.15) is 0 Å². The van der Waals surface area contributed by atoms with E-state index in [0.717, 1.165) is 0 Å². The van der Waals surface area contributed by atoms with Crippen LogP contribution in [-0.2, 0) is 5.88 Å². The first-order chi connectivity index (χ1) is 5.35. The van der Waals surface area contributed by atoms with Crippen LogP contribution in [0.2, 0.25) is 0 Å². The zero-order valence-electron chi connectivity index (χ0n) is 6.56. The second kappa shape index (κ2) is 8.34. The Kier molecular flexibility index (Phi) is 8.52. The van der Waals surface area contributed by atoms with Gasteiger partial charge in [0.15, 0.2) is 0 Å². The van der Waals surface area contributed by atoms with Gasteiger partial charge in [0.05, 0.1) is 0 Å². The molecule has 0 aromatic heterocycles. The highest BCUT2D eigenvalue weighted by Crippen LogP contribution is 2.00. The summed E-state index contributed by atoms with van der Waals surface area (Å²) in [6.07, 6.45) is 0. The molecule has 0 saturated heterocycles. The van der Waals surface area contributed by atoms with Gasteiger partial charge < -0.3 is 0 Å². The highest BCUT2D eigenvalue weighted by atomic mass is 127. The van der Waals surface area contributed by atoms with Gasteiger partial charge in [0, 0.05) is 5.88 Å². The Morgan fingerprint density at radius 2 is 1.73 bits per heavy atom. The maximum absolute atomic E-state index is 5.53. The highest BCUT2D eigenvalue weighted by Gasteiger charge is 1.81. The third-order valence-electron chi connectivity index (χ3n) is 0.997. The molecule has 2 heteroatoms. The van der Waals surface area contributed by atoms with Gasteiger partial charge >= 0.3 is 0 Å². The van der Waals surface area contributed by atoms with Crippen molar-refractivity contribution in [2.45, 2.75) is 12.8 Å². The third-order valence-corrected chi connectivity index (χ3v) is 1.31. The average molecular weight is 283 g/mol. The summed E-state index contributed by atoms with van der Waals surface area (Å²) < 4.78 is 1.22. The van der Waals surface area contributed by atoms with Crippen molar-refractivity contribution in [3.05, 3.63) is 35.9 Å². The van der Waals surface area contributed by atoms with E-state index in [-0.39, 0.29) is 0 Å². The van der Waals surface area contributed by atoms with Crippen LogP contribution in [0.5, 0.6) is 0 Å². The fraction of sp³-hybridized carbons (Fsp3) is 0.333. The smallest absolute Gasteiger partial charge is 0.0474 e. The van der Waals surface area contributed by atoms with E-state index in [9.17, 15) is 0 Å². The Morgan fingerprint density at radius 1 is 1.27 bits per heavy atom. The fourth-order valence-corrected chi connectivity index (χ4v) is 0.745. The van der Waals surface area contributed by atoms with Crippen LogP contribution >= 0.6 is 34.2 Å². The molecule has 62 valence electrons. The highest BCUT2D eigenvalue weighted by molar-refractivity contribution is 14.1. The maximum atomic E-state index is 5.53. The van der Waals surface area contributed by atoms with Gasteiger partial charge in [-0.05, 0) is 9.99 Å². The van der Waals surface area contributed by atoms with Gasteiger partial charge in [0.2, 0.25) is 0 Å². The summed E-state index contributed by atoms with van der Waals surface area (Å²) in [5.74, 6) is 0.612. The fourth-order valence-electron chi connectivity index (χ4n) is 0.567. The summed E-state index contributed by atoms with van der Waals surface area (Å²) in [5, 5.41) is 0. The third kappa shape index (κ3) is 6.63. The van der Waals surface area contributed by atoms with Crippen LogP contribution in [0.4, 0.5) is 0 Å². The zero-order chi connectivity index (χ0) is 8.53. The standard InChI is InChI=1S/C7H7Cl.C2H5I/c8-6-7-4-2-1-3-5-7;1-2-3/h1-5H,6H2;2H2,1H3. The Morgan fingerprint density at radius 3 is 2.00 bits per heavy atom. The molecule has 11 heavy (non-hydrogen) atoms.